The van der Waals surface area contributed by atoms with Crippen LogP contribution in [0.2, 0.25) is 0 Å². The maximum absolute atomic E-state index is 9.53. The van der Waals surface area contributed by atoms with Gasteiger partial charge in [0, 0.05) is 6.08 Å². The molecule has 7 nitrogen and oxygen atoms in total. The van der Waals surface area contributed by atoms with E-state index < -0.39 is 11.9 Å². The Balaban J connectivity index is 0.000000472. The first kappa shape index (κ1) is 19.6. The van der Waals surface area contributed by atoms with Gasteiger partial charge in [0.05, 0.1) is 12.0 Å². The summed E-state index contributed by atoms with van der Waals surface area (Å²) in [5.74, 6) is 1.80. The van der Waals surface area contributed by atoms with Gasteiger partial charge in [-0.1, -0.05) is 31.5 Å². The predicted octanol–water partition coefficient (Wildman–Crippen LogP) is -0.642. The van der Waals surface area contributed by atoms with E-state index in [0.29, 0.717) is 24.8 Å². The first-order valence-corrected chi connectivity index (χ1v) is 6.82. The summed E-state index contributed by atoms with van der Waals surface area (Å²) in [6.07, 6.45) is 3.18. The number of hydrogen-bond donors (Lipinski definition) is 3. The molecule has 1 rings (SSSR count). The highest BCUT2D eigenvalue weighted by Crippen LogP contribution is 2.09. The molecular weight excluding hydrogens is 288 g/mol. The van der Waals surface area contributed by atoms with Gasteiger partial charge in [0.25, 0.3) is 0 Å². The Kier molecular flexibility index (Phi) is 11.0. The van der Waals surface area contributed by atoms with Crippen molar-refractivity contribution in [1.29, 1.82) is 0 Å². The van der Waals surface area contributed by atoms with Crippen LogP contribution in [0.15, 0.2) is 42.5 Å². The summed E-state index contributed by atoms with van der Waals surface area (Å²) in [4.78, 5) is 19.0. The summed E-state index contributed by atoms with van der Waals surface area (Å²) < 4.78 is 5.61. The smallest absolute Gasteiger partial charge is 0.328 e. The van der Waals surface area contributed by atoms with Gasteiger partial charge in [-0.15, -0.1) is 0 Å². The molecule has 1 aromatic rings. The normalized spacial score (nSPS) is 11.4. The molecule has 0 saturated carbocycles. The molecule has 1 aromatic carbocycles. The summed E-state index contributed by atoms with van der Waals surface area (Å²) >= 11 is 0. The Morgan fingerprint density at radius 1 is 1.36 bits per heavy atom. The lowest BCUT2D eigenvalue weighted by molar-refractivity contribution is -0.453. The molecule has 5 N–H and O–H groups in total. The molecule has 1 atom stereocenters. The van der Waals surface area contributed by atoms with Crippen molar-refractivity contribution in [2.75, 3.05) is 6.61 Å². The lowest BCUT2D eigenvalue weighted by atomic mass is 10.2. The molecule has 0 aromatic heterocycles. The van der Waals surface area contributed by atoms with Crippen molar-refractivity contribution in [2.24, 2.45) is 0 Å². The number of para-hydroxylation sites is 1. The van der Waals surface area contributed by atoms with Crippen LogP contribution in [0, 0.1) is 0 Å². The number of benzene rings is 1. The van der Waals surface area contributed by atoms with Gasteiger partial charge in [0.1, 0.15) is 12.4 Å². The highest BCUT2D eigenvalue weighted by Gasteiger charge is 2.07. The number of quaternary nitrogens is 1. The second kappa shape index (κ2) is 12.4. The summed E-state index contributed by atoms with van der Waals surface area (Å²) in [7, 11) is 0. The average molecular weight is 310 g/mol. The third-order valence-corrected chi connectivity index (χ3v) is 2.48. The van der Waals surface area contributed by atoms with Crippen molar-refractivity contribution in [1.82, 2.24) is 5.43 Å². The van der Waals surface area contributed by atoms with E-state index in [9.17, 15) is 14.7 Å². The fourth-order valence-corrected chi connectivity index (χ4v) is 1.45. The monoisotopic (exact) mass is 310 g/mol. The van der Waals surface area contributed by atoms with Crippen LogP contribution in [0.1, 0.15) is 19.8 Å². The summed E-state index contributed by atoms with van der Waals surface area (Å²) in [6, 6.07) is 10.2. The standard InChI is InChI=1S/C11H18N2O.C4H4O4/c1-2-6-10(13-12)9-14-11-7-4-3-5-8-11;5-3(6)1-2-4(7)8/h3-5,7-8,10,13H,2,6,9,12H2,1H3;1-2H,(H,5,6)(H,7,8)/b;2-1-. The van der Waals surface area contributed by atoms with Crippen LogP contribution in [0.4, 0.5) is 0 Å². The molecule has 0 aliphatic rings. The van der Waals surface area contributed by atoms with Crippen LogP contribution in [0.3, 0.4) is 0 Å². The number of aliphatic carboxylic acids is 2. The fraction of sp³-hybridized carbons (Fsp3) is 0.333. The molecule has 0 aliphatic carbocycles. The topological polar surface area (TPSA) is 126 Å². The van der Waals surface area contributed by atoms with Crippen LogP contribution in [-0.2, 0) is 9.59 Å². The number of carboxylic acid groups (broad SMARTS) is 2. The van der Waals surface area contributed by atoms with Crippen molar-refractivity contribution in [3.8, 4) is 5.75 Å². The van der Waals surface area contributed by atoms with Crippen LogP contribution in [-0.4, -0.2) is 29.7 Å². The Hall–Kier alpha value is -2.38. The molecule has 1 unspecified atom stereocenters. The largest absolute Gasteiger partial charge is 0.545 e. The molecule has 0 aliphatic heterocycles. The SMILES string of the molecule is CCCC(COc1ccccc1)N[NH3+].O=C([O-])/C=C\C(=O)O. The first-order chi connectivity index (χ1) is 10.5. The Bertz CT molecular complexity index is 446. The van der Waals surface area contributed by atoms with Crippen molar-refractivity contribution in [3.05, 3.63) is 42.5 Å². The Morgan fingerprint density at radius 3 is 2.41 bits per heavy atom. The Morgan fingerprint density at radius 2 is 2.00 bits per heavy atom. The average Bonchev–Trinajstić information content (AvgIpc) is 2.51. The molecule has 0 bridgehead atoms. The minimum Gasteiger partial charge on any atom is -0.545 e. The molecule has 122 valence electrons. The zero-order valence-corrected chi connectivity index (χ0v) is 12.5. The van der Waals surface area contributed by atoms with Crippen LogP contribution in [0.25, 0.3) is 0 Å². The van der Waals surface area contributed by atoms with Crippen LogP contribution in [0.5, 0.6) is 5.75 Å². The summed E-state index contributed by atoms with van der Waals surface area (Å²) in [6.45, 7) is 2.84. The van der Waals surface area contributed by atoms with E-state index in [2.05, 4.69) is 18.2 Å². The molecule has 0 fully saturated rings. The van der Waals surface area contributed by atoms with Gasteiger partial charge in [0.2, 0.25) is 0 Å². The number of carbonyl (C=O) groups is 2. The van der Waals surface area contributed by atoms with E-state index in [4.69, 9.17) is 9.84 Å². The van der Waals surface area contributed by atoms with Crippen molar-refractivity contribution < 1.29 is 30.4 Å². The minimum absolute atomic E-state index is 0.347. The van der Waals surface area contributed by atoms with E-state index in [1.807, 2.05) is 30.3 Å². The quantitative estimate of drug-likeness (QED) is 0.433. The molecule has 0 heterocycles. The van der Waals surface area contributed by atoms with E-state index in [-0.39, 0.29) is 0 Å². The lowest BCUT2D eigenvalue weighted by Gasteiger charge is -2.13. The van der Waals surface area contributed by atoms with E-state index in [1.165, 1.54) is 0 Å². The number of carbonyl (C=O) groups excluding carboxylic acids is 1. The maximum atomic E-state index is 9.53. The number of rotatable bonds is 8. The minimum atomic E-state index is -1.51. The third kappa shape index (κ3) is 11.4. The zero-order valence-electron chi connectivity index (χ0n) is 12.5. The highest BCUT2D eigenvalue weighted by atomic mass is 16.5. The molecule has 22 heavy (non-hydrogen) atoms. The van der Waals surface area contributed by atoms with Gasteiger partial charge in [-0.2, -0.15) is 5.43 Å². The van der Waals surface area contributed by atoms with Gasteiger partial charge in [-0.05, 0) is 24.6 Å². The van der Waals surface area contributed by atoms with E-state index in [0.717, 1.165) is 18.6 Å². The number of ether oxygens (including phenoxy) is 1. The highest BCUT2D eigenvalue weighted by molar-refractivity contribution is 5.88. The number of nitrogens with one attached hydrogen (secondary N) is 1. The number of hydrogen-bond acceptors (Lipinski definition) is 5. The van der Waals surface area contributed by atoms with Crippen molar-refractivity contribution >= 4 is 11.9 Å². The second-order valence-corrected chi connectivity index (χ2v) is 4.30. The summed E-state index contributed by atoms with van der Waals surface area (Å²) in [5, 5.41) is 17.2. The molecule has 7 heteroatoms. The van der Waals surface area contributed by atoms with Crippen LogP contribution < -0.4 is 21.1 Å². The van der Waals surface area contributed by atoms with Crippen molar-refractivity contribution in [3.63, 3.8) is 0 Å². The molecule has 0 spiro atoms. The molecule has 0 amide bonds. The molecule has 0 radical (unpaired) electrons. The lowest BCUT2D eigenvalue weighted by Crippen LogP contribution is -2.69. The van der Waals surface area contributed by atoms with Crippen molar-refractivity contribution in [2.45, 2.75) is 25.8 Å². The summed E-state index contributed by atoms with van der Waals surface area (Å²) in [5.41, 5.74) is 3.00. The van der Waals surface area contributed by atoms with Gasteiger partial charge >= 0.3 is 5.97 Å². The zero-order chi connectivity index (χ0) is 16.8. The molecular formula is C15H22N2O5. The maximum Gasteiger partial charge on any atom is 0.328 e. The van der Waals surface area contributed by atoms with Gasteiger partial charge in [-0.25, -0.2) is 4.79 Å². The molecule has 0 saturated heterocycles. The van der Waals surface area contributed by atoms with Crippen LogP contribution >= 0.6 is 0 Å². The van der Waals surface area contributed by atoms with Gasteiger partial charge in [0.15, 0.2) is 0 Å². The number of carboxylic acids is 2. The van der Waals surface area contributed by atoms with Gasteiger partial charge in [-0.3, -0.25) is 5.84 Å². The predicted molar refractivity (Wildman–Crippen MR) is 78.4 cm³/mol. The van der Waals surface area contributed by atoms with E-state index >= 15 is 0 Å². The van der Waals surface area contributed by atoms with E-state index in [1.54, 1.807) is 0 Å². The third-order valence-electron chi connectivity index (χ3n) is 2.48. The first-order valence-electron chi connectivity index (χ1n) is 6.82. The van der Waals surface area contributed by atoms with Gasteiger partial charge < -0.3 is 19.7 Å². The Labute approximate surface area is 129 Å². The second-order valence-electron chi connectivity index (χ2n) is 4.30. The fourth-order valence-electron chi connectivity index (χ4n) is 1.45.